The van der Waals surface area contributed by atoms with Crippen LogP contribution in [0, 0.1) is 25.7 Å². The van der Waals surface area contributed by atoms with E-state index in [1.807, 2.05) is 0 Å². The lowest BCUT2D eigenvalue weighted by Crippen LogP contribution is -2.62. The molecular weight excluding hydrogens is 997 g/mol. The van der Waals surface area contributed by atoms with Crippen LogP contribution in [-0.4, -0.2) is 146 Å². The number of carboxylic acid groups (broad SMARTS) is 1. The standard InChI is InChI=1S/C52H76N14O11/c1-7-28(4)42(49(74)62-37(23-33-25-57-26-59-33)50(75)66-18-12-16-39(66)47(72)63-38(51(76)77)21-31-13-9-8-10-14-31)65-46(71)36(22-32-19-29(5)43(68)30(6)20-32)61-48(73)41(27(2)3)64-45(70)35(15-11-17-58-52(55)56)60-44(69)34(53)24-40(54)67/h8-10,13-14,19-20,25-28,34-39,41-42,68H,7,11-12,15-18,21-24,53H2,1-6H3,(H2,54,67)(H,57,59)(H,60,69)(H,61,73)(H,62,74)(H,63,72)(H,64,70)(H,65,71)(H,76,77)(H4,55,56,58)/t28-,34-,35-,36-,37-,38-,39-,41-,42-/m0/s1. The molecule has 2 aromatic carbocycles. The first kappa shape index (κ1) is 61.5. The first-order chi connectivity index (χ1) is 36.4. The van der Waals surface area contributed by atoms with Crippen molar-refractivity contribution in [3.05, 3.63) is 82.9 Å². The van der Waals surface area contributed by atoms with Crippen molar-refractivity contribution in [2.75, 3.05) is 13.1 Å². The fraction of sp³-hybridized carbons (Fsp3) is 0.519. The van der Waals surface area contributed by atoms with Crippen LogP contribution in [0.15, 0.2) is 60.0 Å². The smallest absolute Gasteiger partial charge is 0.326 e. The van der Waals surface area contributed by atoms with Crippen LogP contribution >= 0.6 is 0 Å². The van der Waals surface area contributed by atoms with Crippen molar-refractivity contribution in [3.63, 3.8) is 0 Å². The number of aliphatic imine (C=N–C) groups is 1. The summed E-state index contributed by atoms with van der Waals surface area (Å²) < 4.78 is 0. The number of rotatable bonds is 29. The molecular formula is C52H76N14O11. The van der Waals surface area contributed by atoms with Gasteiger partial charge in [-0.25, -0.2) is 9.78 Å². The lowest BCUT2D eigenvalue weighted by atomic mass is 9.95. The van der Waals surface area contributed by atoms with Crippen molar-refractivity contribution in [1.82, 2.24) is 46.8 Å². The molecule has 77 heavy (non-hydrogen) atoms. The van der Waals surface area contributed by atoms with E-state index in [0.717, 1.165) is 0 Å². The van der Waals surface area contributed by atoms with Crippen molar-refractivity contribution in [2.24, 2.45) is 39.8 Å². The third-order valence-corrected chi connectivity index (χ3v) is 13.3. The number of hydrogen-bond donors (Lipinski definition) is 13. The van der Waals surface area contributed by atoms with Gasteiger partial charge in [-0.1, -0.05) is 76.6 Å². The average Bonchev–Trinajstić information content (AvgIpc) is 4.09. The zero-order valence-electron chi connectivity index (χ0n) is 44.5. The monoisotopic (exact) mass is 1070 g/mol. The molecule has 25 heteroatoms. The Hall–Kier alpha value is -8.09. The predicted octanol–water partition coefficient (Wildman–Crippen LogP) is -1.30. The maximum absolute atomic E-state index is 14.8. The minimum atomic E-state index is -1.42. The zero-order valence-corrected chi connectivity index (χ0v) is 44.5. The molecule has 0 bridgehead atoms. The third kappa shape index (κ3) is 18.6. The molecule has 1 fully saturated rings. The molecule has 3 aromatic rings. The SMILES string of the molecule is CC[C@H](C)[C@H](NC(=O)[C@H](Cc1cc(C)c(O)c(C)c1)NC(=O)[C@@H](NC(=O)[C@H](CCCN=C(N)N)NC(=O)[C@@H](N)CC(N)=O)C(C)C)C(=O)N[C@@H](Cc1cnc[nH]1)C(=O)N1CCC[C@H]1C(=O)N[C@@H](Cc1ccccc1)C(=O)O. The van der Waals surface area contributed by atoms with Crippen molar-refractivity contribution in [1.29, 1.82) is 0 Å². The van der Waals surface area contributed by atoms with E-state index in [1.165, 1.54) is 17.4 Å². The molecule has 1 saturated heterocycles. The quantitative estimate of drug-likeness (QED) is 0.0218. The lowest BCUT2D eigenvalue weighted by Gasteiger charge is -2.32. The fourth-order valence-corrected chi connectivity index (χ4v) is 8.87. The number of aromatic hydroxyl groups is 1. The molecule has 420 valence electrons. The van der Waals surface area contributed by atoms with E-state index in [-0.39, 0.29) is 63.3 Å². The number of phenolic OH excluding ortho intramolecular Hbond substituents is 1. The number of nitrogens with zero attached hydrogens (tertiary/aromatic N) is 3. The number of imidazole rings is 1. The van der Waals surface area contributed by atoms with Gasteiger partial charge in [0.2, 0.25) is 47.3 Å². The summed E-state index contributed by atoms with van der Waals surface area (Å²) in [5.41, 5.74) is 24.6. The van der Waals surface area contributed by atoms with Gasteiger partial charge in [-0.3, -0.25) is 43.3 Å². The summed E-state index contributed by atoms with van der Waals surface area (Å²) in [5, 5.41) is 36.8. The molecule has 9 atom stereocenters. The Labute approximate surface area is 447 Å². The van der Waals surface area contributed by atoms with E-state index in [9.17, 15) is 53.4 Å². The van der Waals surface area contributed by atoms with E-state index in [0.29, 0.717) is 40.8 Å². The van der Waals surface area contributed by atoms with Gasteiger partial charge in [0, 0.05) is 44.2 Å². The molecule has 1 aliphatic rings. The maximum atomic E-state index is 14.8. The number of carbonyl (C=O) groups excluding carboxylic acids is 8. The van der Waals surface area contributed by atoms with Gasteiger partial charge in [0.1, 0.15) is 48.0 Å². The van der Waals surface area contributed by atoms with Gasteiger partial charge in [0.05, 0.1) is 18.8 Å². The average molecular weight is 1070 g/mol. The highest BCUT2D eigenvalue weighted by Gasteiger charge is 2.41. The van der Waals surface area contributed by atoms with Crippen molar-refractivity contribution >= 4 is 59.2 Å². The second-order valence-corrected chi connectivity index (χ2v) is 19.9. The van der Waals surface area contributed by atoms with E-state index >= 15 is 0 Å². The number of guanidine groups is 1. The second-order valence-electron chi connectivity index (χ2n) is 19.9. The Morgan fingerprint density at radius 2 is 1.36 bits per heavy atom. The Kier molecular flexibility index (Phi) is 23.4. The molecule has 1 aromatic heterocycles. The summed E-state index contributed by atoms with van der Waals surface area (Å²) >= 11 is 0. The summed E-state index contributed by atoms with van der Waals surface area (Å²) in [4.78, 5) is 135. The number of hydrogen-bond acceptors (Lipinski definition) is 13. The Balaban J connectivity index is 1.63. The number of amides is 8. The Morgan fingerprint density at radius 1 is 0.766 bits per heavy atom. The summed E-state index contributed by atoms with van der Waals surface area (Å²) in [6.45, 7) is 10.3. The zero-order chi connectivity index (χ0) is 57.1. The first-order valence-electron chi connectivity index (χ1n) is 25.6. The topological polar surface area (TPSA) is 415 Å². The number of nitrogens with one attached hydrogen (secondary N) is 7. The molecule has 0 radical (unpaired) electrons. The molecule has 0 unspecified atom stereocenters. The number of benzene rings is 2. The van der Waals surface area contributed by atoms with Crippen LogP contribution < -0.4 is 54.8 Å². The van der Waals surface area contributed by atoms with Gasteiger partial charge in [-0.15, -0.1) is 0 Å². The molecule has 0 spiro atoms. The number of aryl methyl sites for hydroxylation is 2. The Morgan fingerprint density at radius 3 is 1.95 bits per heavy atom. The number of nitrogens with two attached hydrogens (primary N) is 4. The van der Waals surface area contributed by atoms with Gasteiger partial charge in [-0.2, -0.15) is 0 Å². The maximum Gasteiger partial charge on any atom is 0.326 e. The van der Waals surface area contributed by atoms with Gasteiger partial charge < -0.3 is 74.9 Å². The van der Waals surface area contributed by atoms with Crippen LogP contribution in [0.2, 0.25) is 0 Å². The molecule has 0 saturated carbocycles. The summed E-state index contributed by atoms with van der Waals surface area (Å²) in [6.07, 6.45) is 3.24. The number of aromatic amines is 1. The van der Waals surface area contributed by atoms with Gasteiger partial charge >= 0.3 is 5.97 Å². The predicted molar refractivity (Wildman–Crippen MR) is 284 cm³/mol. The Bertz CT molecular complexity index is 2550. The van der Waals surface area contributed by atoms with Gasteiger partial charge in [0.25, 0.3) is 0 Å². The van der Waals surface area contributed by atoms with Crippen molar-refractivity contribution in [3.8, 4) is 5.75 Å². The van der Waals surface area contributed by atoms with E-state index < -0.39 is 120 Å². The van der Waals surface area contributed by atoms with Crippen molar-refractivity contribution in [2.45, 2.75) is 148 Å². The summed E-state index contributed by atoms with van der Waals surface area (Å²) in [5.74, 6) is -8.85. The van der Waals surface area contributed by atoms with Gasteiger partial charge in [0.15, 0.2) is 5.96 Å². The highest BCUT2D eigenvalue weighted by Crippen LogP contribution is 2.25. The van der Waals surface area contributed by atoms with Crippen LogP contribution in [0.25, 0.3) is 0 Å². The van der Waals surface area contributed by atoms with Crippen LogP contribution in [-0.2, 0) is 62.4 Å². The number of H-pyrrole nitrogens is 1. The minimum Gasteiger partial charge on any atom is -0.507 e. The first-order valence-corrected chi connectivity index (χ1v) is 25.6. The van der Waals surface area contributed by atoms with Gasteiger partial charge in [-0.05, 0) is 73.6 Å². The molecule has 4 rings (SSSR count). The number of carbonyl (C=O) groups is 9. The van der Waals surface area contributed by atoms with Crippen LogP contribution in [0.5, 0.6) is 5.75 Å². The highest BCUT2D eigenvalue weighted by atomic mass is 16.4. The number of aromatic nitrogens is 2. The van der Waals surface area contributed by atoms with E-state index in [1.54, 1.807) is 84.0 Å². The number of carboxylic acids is 1. The number of aliphatic carboxylic acids is 1. The second kappa shape index (κ2) is 29.3. The molecule has 25 nitrogen and oxygen atoms in total. The third-order valence-electron chi connectivity index (χ3n) is 13.3. The normalized spacial score (nSPS) is 16.3. The molecule has 2 heterocycles. The van der Waals surface area contributed by atoms with Crippen LogP contribution in [0.1, 0.15) is 94.2 Å². The van der Waals surface area contributed by atoms with Crippen molar-refractivity contribution < 1.29 is 53.4 Å². The fourth-order valence-electron chi connectivity index (χ4n) is 8.87. The molecule has 17 N–H and O–H groups in total. The summed E-state index contributed by atoms with van der Waals surface area (Å²) in [7, 11) is 0. The van der Waals surface area contributed by atoms with E-state index in [2.05, 4.69) is 46.9 Å². The lowest BCUT2D eigenvalue weighted by molar-refractivity contribution is -0.145. The number of likely N-dealkylation sites (tertiary alicyclic amines) is 1. The largest absolute Gasteiger partial charge is 0.507 e. The minimum absolute atomic E-state index is 0.000139. The van der Waals surface area contributed by atoms with Crippen LogP contribution in [0.3, 0.4) is 0 Å². The van der Waals surface area contributed by atoms with E-state index in [4.69, 9.17) is 22.9 Å². The summed E-state index contributed by atoms with van der Waals surface area (Å²) in [6, 6.07) is 1.62. The highest BCUT2D eigenvalue weighted by molar-refractivity contribution is 5.98. The molecule has 8 amide bonds. The molecule has 0 aliphatic carbocycles. The van der Waals surface area contributed by atoms with Crippen LogP contribution in [0.4, 0.5) is 0 Å². The number of primary amides is 1. The number of phenols is 1. The molecule has 1 aliphatic heterocycles.